The zero-order chi connectivity index (χ0) is 8.43. The molecular weight excluding hydrogens is 191 g/mol. The molecule has 11 heavy (non-hydrogen) atoms. The number of aromatic nitrogens is 1. The fraction of sp³-hybridized carbons (Fsp3) is 0. The summed E-state index contributed by atoms with van der Waals surface area (Å²) in [7, 11) is 0. The third-order valence-corrected chi connectivity index (χ3v) is 1.56. The van der Waals surface area contributed by atoms with Gasteiger partial charge in [-0.3, -0.25) is 15.1 Å². The van der Waals surface area contributed by atoms with E-state index in [2.05, 4.69) is 4.98 Å². The van der Waals surface area contributed by atoms with Crippen LogP contribution in [0.5, 0.6) is 0 Å². The van der Waals surface area contributed by atoms with Crippen molar-refractivity contribution in [1.29, 1.82) is 0 Å². The SMILES string of the molecule is O=[N+]([O-])c1c(Cl)cncc1Cl. The van der Waals surface area contributed by atoms with E-state index in [0.717, 1.165) is 0 Å². The van der Waals surface area contributed by atoms with Gasteiger partial charge in [0.25, 0.3) is 0 Å². The molecule has 0 aliphatic heterocycles. The normalized spacial score (nSPS) is 9.64. The maximum Gasteiger partial charge on any atom is 0.309 e. The van der Waals surface area contributed by atoms with Crippen LogP contribution in [0, 0.1) is 10.1 Å². The first-order chi connectivity index (χ1) is 5.13. The van der Waals surface area contributed by atoms with E-state index in [9.17, 15) is 10.1 Å². The zero-order valence-corrected chi connectivity index (χ0v) is 6.63. The van der Waals surface area contributed by atoms with Crippen molar-refractivity contribution in [2.45, 2.75) is 0 Å². The Hall–Kier alpha value is -0.870. The summed E-state index contributed by atoms with van der Waals surface area (Å²) in [5.41, 5.74) is -0.302. The molecule has 0 unspecified atom stereocenters. The number of hydrogen-bond acceptors (Lipinski definition) is 3. The van der Waals surface area contributed by atoms with Crippen LogP contribution in [0.3, 0.4) is 0 Å². The smallest absolute Gasteiger partial charge is 0.261 e. The third kappa shape index (κ3) is 1.58. The number of nitrogens with zero attached hydrogens (tertiary/aromatic N) is 2. The Kier molecular flexibility index (Phi) is 2.26. The van der Waals surface area contributed by atoms with Gasteiger partial charge >= 0.3 is 5.69 Å². The van der Waals surface area contributed by atoms with Crippen LogP contribution >= 0.6 is 23.2 Å². The van der Waals surface area contributed by atoms with Crippen LogP contribution in [-0.2, 0) is 0 Å². The van der Waals surface area contributed by atoms with Crippen molar-refractivity contribution in [3.8, 4) is 0 Å². The van der Waals surface area contributed by atoms with E-state index in [1.165, 1.54) is 12.4 Å². The van der Waals surface area contributed by atoms with Crippen molar-refractivity contribution < 1.29 is 4.92 Å². The van der Waals surface area contributed by atoms with Gasteiger partial charge in [0.05, 0.1) is 17.3 Å². The Labute approximate surface area is 71.9 Å². The van der Waals surface area contributed by atoms with Crippen molar-refractivity contribution >= 4 is 28.9 Å². The molecule has 1 aromatic heterocycles. The second kappa shape index (κ2) is 3.02. The van der Waals surface area contributed by atoms with Crippen LogP contribution in [-0.4, -0.2) is 9.91 Å². The minimum absolute atomic E-state index is 0.0532. The summed E-state index contributed by atoms with van der Waals surface area (Å²) >= 11 is 10.9. The predicted molar refractivity (Wildman–Crippen MR) is 40.9 cm³/mol. The Morgan fingerprint density at radius 2 is 1.82 bits per heavy atom. The molecule has 0 saturated heterocycles. The van der Waals surface area contributed by atoms with Crippen molar-refractivity contribution in [3.63, 3.8) is 0 Å². The molecule has 1 heterocycles. The van der Waals surface area contributed by atoms with Crippen LogP contribution < -0.4 is 0 Å². The van der Waals surface area contributed by atoms with E-state index in [-0.39, 0.29) is 15.7 Å². The van der Waals surface area contributed by atoms with Crippen LogP contribution in [0.25, 0.3) is 0 Å². The average molecular weight is 193 g/mol. The standard InChI is InChI=1S/C5H2Cl2N2O2/c6-3-1-8-2-4(7)5(3)9(10)11/h1-2H. The molecule has 4 nitrogen and oxygen atoms in total. The highest BCUT2D eigenvalue weighted by Crippen LogP contribution is 2.30. The van der Waals surface area contributed by atoms with Gasteiger partial charge in [-0.2, -0.15) is 0 Å². The van der Waals surface area contributed by atoms with Gasteiger partial charge in [0.2, 0.25) is 0 Å². The molecule has 0 atom stereocenters. The van der Waals surface area contributed by atoms with Gasteiger partial charge in [0.15, 0.2) is 0 Å². The number of halogens is 2. The summed E-state index contributed by atoms with van der Waals surface area (Å²) in [5, 5.41) is 10.1. The number of hydrogen-bond donors (Lipinski definition) is 0. The van der Waals surface area contributed by atoms with Crippen molar-refractivity contribution in [1.82, 2.24) is 4.98 Å². The molecule has 0 bridgehead atoms. The van der Waals surface area contributed by atoms with E-state index >= 15 is 0 Å². The third-order valence-electron chi connectivity index (χ3n) is 1.01. The maximum absolute atomic E-state index is 10.3. The minimum atomic E-state index is -0.646. The molecule has 1 aromatic rings. The second-order valence-corrected chi connectivity index (χ2v) is 2.52. The molecule has 0 N–H and O–H groups in total. The van der Waals surface area contributed by atoms with E-state index in [1.807, 2.05) is 0 Å². The monoisotopic (exact) mass is 192 g/mol. The summed E-state index contributed by atoms with van der Waals surface area (Å²) in [6.45, 7) is 0. The van der Waals surface area contributed by atoms with Crippen molar-refractivity contribution in [2.24, 2.45) is 0 Å². The van der Waals surface area contributed by atoms with Gasteiger partial charge in [-0.1, -0.05) is 23.2 Å². The first-order valence-corrected chi connectivity index (χ1v) is 3.32. The fourth-order valence-electron chi connectivity index (χ4n) is 0.579. The first-order valence-electron chi connectivity index (χ1n) is 2.56. The Morgan fingerprint density at radius 3 is 2.09 bits per heavy atom. The molecule has 0 saturated carbocycles. The Balaban J connectivity index is 3.32. The number of nitro groups is 1. The van der Waals surface area contributed by atoms with Gasteiger partial charge in [-0.25, -0.2) is 0 Å². The van der Waals surface area contributed by atoms with Crippen LogP contribution in [0.15, 0.2) is 12.4 Å². The van der Waals surface area contributed by atoms with Crippen LogP contribution in [0.1, 0.15) is 0 Å². The summed E-state index contributed by atoms with van der Waals surface area (Å²) in [6, 6.07) is 0. The molecule has 0 aromatic carbocycles. The lowest BCUT2D eigenvalue weighted by Crippen LogP contribution is -1.90. The topological polar surface area (TPSA) is 56.0 Å². The molecule has 0 aliphatic rings. The molecule has 0 aliphatic carbocycles. The minimum Gasteiger partial charge on any atom is -0.261 e. The largest absolute Gasteiger partial charge is 0.309 e. The number of pyridine rings is 1. The fourth-order valence-corrected chi connectivity index (χ4v) is 1.08. The summed E-state index contributed by atoms with van der Waals surface area (Å²) in [6.07, 6.45) is 2.34. The molecule has 0 spiro atoms. The summed E-state index contributed by atoms with van der Waals surface area (Å²) < 4.78 is 0. The van der Waals surface area contributed by atoms with Gasteiger partial charge in [-0.15, -0.1) is 0 Å². The number of rotatable bonds is 1. The van der Waals surface area contributed by atoms with Gasteiger partial charge < -0.3 is 0 Å². The highest BCUT2D eigenvalue weighted by molar-refractivity contribution is 6.37. The predicted octanol–water partition coefficient (Wildman–Crippen LogP) is 2.30. The molecule has 0 amide bonds. The molecule has 6 heteroatoms. The van der Waals surface area contributed by atoms with Gasteiger partial charge in [0.1, 0.15) is 10.0 Å². The van der Waals surface area contributed by atoms with Crippen molar-refractivity contribution in [2.75, 3.05) is 0 Å². The summed E-state index contributed by atoms with van der Waals surface area (Å²) in [4.78, 5) is 13.2. The quantitative estimate of drug-likeness (QED) is 0.507. The highest BCUT2D eigenvalue weighted by Gasteiger charge is 2.16. The molecule has 0 radical (unpaired) electrons. The lowest BCUT2D eigenvalue weighted by Gasteiger charge is -1.94. The van der Waals surface area contributed by atoms with E-state index in [4.69, 9.17) is 23.2 Å². The molecule has 0 fully saturated rings. The molecule has 1 rings (SSSR count). The molecule has 58 valence electrons. The van der Waals surface area contributed by atoms with Crippen molar-refractivity contribution in [3.05, 3.63) is 32.6 Å². The summed E-state index contributed by atoms with van der Waals surface area (Å²) in [5.74, 6) is 0. The zero-order valence-electron chi connectivity index (χ0n) is 5.12. The lowest BCUT2D eigenvalue weighted by atomic mass is 10.4. The first kappa shape index (κ1) is 8.23. The lowest BCUT2D eigenvalue weighted by molar-refractivity contribution is -0.384. The van der Waals surface area contributed by atoms with Gasteiger partial charge in [-0.05, 0) is 0 Å². The average Bonchev–Trinajstić information content (AvgIpc) is 1.85. The highest BCUT2D eigenvalue weighted by atomic mass is 35.5. The van der Waals surface area contributed by atoms with E-state index < -0.39 is 4.92 Å². The van der Waals surface area contributed by atoms with Crippen LogP contribution in [0.2, 0.25) is 10.0 Å². The maximum atomic E-state index is 10.3. The molecular formula is C5H2Cl2N2O2. The van der Waals surface area contributed by atoms with E-state index in [0.29, 0.717) is 0 Å². The van der Waals surface area contributed by atoms with Gasteiger partial charge in [0, 0.05) is 0 Å². The second-order valence-electron chi connectivity index (χ2n) is 1.71. The Bertz CT molecular complexity index is 282. The van der Waals surface area contributed by atoms with E-state index in [1.54, 1.807) is 0 Å². The Morgan fingerprint density at radius 1 is 1.36 bits per heavy atom. The van der Waals surface area contributed by atoms with Crippen LogP contribution in [0.4, 0.5) is 5.69 Å².